The van der Waals surface area contributed by atoms with Crippen LogP contribution in [0.15, 0.2) is 40.7 Å². The zero-order valence-corrected chi connectivity index (χ0v) is 19.3. The van der Waals surface area contributed by atoms with Crippen LogP contribution >= 0.6 is 0 Å². The third-order valence-electron chi connectivity index (χ3n) is 6.43. The van der Waals surface area contributed by atoms with Crippen LogP contribution in [0.5, 0.6) is 0 Å². The van der Waals surface area contributed by atoms with Crippen molar-refractivity contribution < 1.29 is 0 Å². The van der Waals surface area contributed by atoms with Gasteiger partial charge in [-0.1, -0.05) is 44.6 Å². The van der Waals surface area contributed by atoms with Crippen molar-refractivity contribution in [3.05, 3.63) is 52.1 Å². The van der Waals surface area contributed by atoms with E-state index in [4.69, 9.17) is 15.0 Å². The second-order valence-electron chi connectivity index (χ2n) is 9.28. The lowest BCUT2D eigenvalue weighted by molar-refractivity contribution is 0.537. The maximum absolute atomic E-state index is 13.9. The number of para-hydroxylation sites is 2. The summed E-state index contributed by atoms with van der Waals surface area (Å²) in [5.41, 5.74) is 5.28. The molecule has 0 spiro atoms. The largest absolute Gasteiger partial charge is 0.308 e. The van der Waals surface area contributed by atoms with Crippen LogP contribution in [0.2, 0.25) is 0 Å². The van der Waals surface area contributed by atoms with E-state index in [9.17, 15) is 4.79 Å². The molecule has 0 fully saturated rings. The first-order valence-electron chi connectivity index (χ1n) is 11.9. The van der Waals surface area contributed by atoms with Crippen LogP contribution in [0, 0.1) is 5.92 Å². The number of nitrogens with zero attached hydrogens (tertiary/aromatic N) is 5. The van der Waals surface area contributed by atoms with Gasteiger partial charge in [-0.3, -0.25) is 9.36 Å². The molecule has 1 aromatic carbocycles. The minimum absolute atomic E-state index is 0.0142. The molecule has 166 valence electrons. The van der Waals surface area contributed by atoms with Gasteiger partial charge in [0, 0.05) is 19.5 Å². The van der Waals surface area contributed by atoms with E-state index in [0.717, 1.165) is 60.4 Å². The average Bonchev–Trinajstić information content (AvgIpc) is 3.09. The minimum atomic E-state index is 0.0142. The van der Waals surface area contributed by atoms with Crippen LogP contribution in [-0.2, 0) is 19.5 Å². The molecule has 0 N–H and O–H groups in total. The summed E-state index contributed by atoms with van der Waals surface area (Å²) >= 11 is 0. The molecule has 1 aliphatic rings. The number of aryl methyl sites for hydroxylation is 1. The van der Waals surface area contributed by atoms with E-state index in [1.54, 1.807) is 0 Å². The first-order chi connectivity index (χ1) is 15.6. The summed E-state index contributed by atoms with van der Waals surface area (Å²) in [4.78, 5) is 28.7. The third kappa shape index (κ3) is 3.61. The fraction of sp³-hybridized carbons (Fsp3) is 0.462. The molecule has 4 aromatic rings. The van der Waals surface area contributed by atoms with Crippen molar-refractivity contribution in [3.8, 4) is 0 Å². The molecule has 0 saturated heterocycles. The Hall–Kier alpha value is -3.02. The molecule has 6 nitrogen and oxygen atoms in total. The predicted octanol–water partition coefficient (Wildman–Crippen LogP) is 5.40. The lowest BCUT2D eigenvalue weighted by atomic mass is 9.97. The van der Waals surface area contributed by atoms with E-state index < -0.39 is 0 Å². The summed E-state index contributed by atoms with van der Waals surface area (Å²) in [6.45, 7) is 7.84. The summed E-state index contributed by atoms with van der Waals surface area (Å²) in [7, 11) is 0. The molecule has 0 amide bonds. The summed E-state index contributed by atoms with van der Waals surface area (Å²) in [5, 5.41) is 0.605. The second kappa shape index (κ2) is 8.49. The van der Waals surface area contributed by atoms with E-state index >= 15 is 0 Å². The smallest absolute Gasteiger partial charge is 0.265 e. The maximum Gasteiger partial charge on any atom is 0.265 e. The fourth-order valence-corrected chi connectivity index (χ4v) is 4.86. The highest BCUT2D eigenvalue weighted by atomic mass is 16.1. The Morgan fingerprint density at radius 1 is 1.00 bits per heavy atom. The molecular weight excluding hydrogens is 398 g/mol. The lowest BCUT2D eigenvalue weighted by Crippen LogP contribution is -2.26. The van der Waals surface area contributed by atoms with Gasteiger partial charge < -0.3 is 4.57 Å². The molecule has 5 rings (SSSR count). The van der Waals surface area contributed by atoms with Gasteiger partial charge in [-0.05, 0) is 50.2 Å². The van der Waals surface area contributed by atoms with E-state index in [1.807, 2.05) is 28.8 Å². The molecular formula is C26H31N5O. The van der Waals surface area contributed by atoms with Crippen molar-refractivity contribution in [1.82, 2.24) is 24.1 Å². The third-order valence-corrected chi connectivity index (χ3v) is 6.43. The molecule has 6 heteroatoms. The topological polar surface area (TPSA) is 65.6 Å². The first-order valence-corrected chi connectivity index (χ1v) is 11.9. The molecule has 0 unspecified atom stereocenters. The van der Waals surface area contributed by atoms with Gasteiger partial charge in [-0.15, -0.1) is 0 Å². The number of benzene rings is 1. The van der Waals surface area contributed by atoms with Crippen molar-refractivity contribution in [3.63, 3.8) is 0 Å². The van der Waals surface area contributed by atoms with Crippen LogP contribution in [0.4, 0.5) is 0 Å². The number of aromatic nitrogens is 5. The molecule has 3 heterocycles. The molecule has 1 aliphatic carbocycles. The van der Waals surface area contributed by atoms with E-state index in [-0.39, 0.29) is 5.56 Å². The van der Waals surface area contributed by atoms with Gasteiger partial charge in [-0.2, -0.15) is 0 Å². The molecule has 32 heavy (non-hydrogen) atoms. The maximum atomic E-state index is 13.9. The highest BCUT2D eigenvalue weighted by molar-refractivity contribution is 6.04. The quantitative estimate of drug-likeness (QED) is 0.385. The van der Waals surface area contributed by atoms with Crippen molar-refractivity contribution in [2.24, 2.45) is 5.92 Å². The van der Waals surface area contributed by atoms with Gasteiger partial charge in [0.1, 0.15) is 16.7 Å². The van der Waals surface area contributed by atoms with Crippen LogP contribution in [-0.4, -0.2) is 24.1 Å². The minimum Gasteiger partial charge on any atom is -0.308 e. The summed E-state index contributed by atoms with van der Waals surface area (Å²) in [6, 6.07) is 7.86. The highest BCUT2D eigenvalue weighted by Crippen LogP contribution is 2.27. The van der Waals surface area contributed by atoms with Crippen LogP contribution in [0.3, 0.4) is 0 Å². The van der Waals surface area contributed by atoms with Crippen LogP contribution < -0.4 is 5.56 Å². The summed E-state index contributed by atoms with van der Waals surface area (Å²) in [6.07, 6.45) is 8.83. The Morgan fingerprint density at radius 3 is 2.47 bits per heavy atom. The summed E-state index contributed by atoms with van der Waals surface area (Å²) < 4.78 is 3.98. The molecule has 0 saturated carbocycles. The Balaban J connectivity index is 1.75. The van der Waals surface area contributed by atoms with Crippen molar-refractivity contribution in [2.45, 2.75) is 72.4 Å². The standard InChI is InChI=1S/C26H31N5O/c1-4-21-29-24-22(26(32)30(21)15-14-18-10-6-5-7-11-18)23-25(31(24)16-17(2)3)28-20-13-9-8-12-19(20)27-23/h8-10,12-13,17H,4-7,11,14-16H2,1-3H3. The molecule has 3 aromatic heterocycles. The number of hydrogen-bond donors (Lipinski definition) is 0. The number of allylic oxidation sites excluding steroid dienone is 2. The number of rotatable bonds is 6. The Bertz CT molecular complexity index is 1390. The molecule has 0 radical (unpaired) electrons. The second-order valence-corrected chi connectivity index (χ2v) is 9.28. The Labute approximate surface area is 188 Å². The monoisotopic (exact) mass is 429 g/mol. The van der Waals surface area contributed by atoms with Crippen LogP contribution in [0.25, 0.3) is 33.2 Å². The van der Waals surface area contributed by atoms with E-state index in [1.165, 1.54) is 18.4 Å². The van der Waals surface area contributed by atoms with Gasteiger partial charge in [0.15, 0.2) is 11.3 Å². The SMILES string of the molecule is CCc1nc2c(c(=O)n1CCC1=CCCCC1)c1nc3ccccc3nc1n2CC(C)C. The van der Waals surface area contributed by atoms with Gasteiger partial charge in [0.05, 0.1) is 11.0 Å². The number of hydrogen-bond acceptors (Lipinski definition) is 4. The average molecular weight is 430 g/mol. The molecule has 0 bridgehead atoms. The highest BCUT2D eigenvalue weighted by Gasteiger charge is 2.22. The lowest BCUT2D eigenvalue weighted by Gasteiger charge is -2.16. The van der Waals surface area contributed by atoms with Crippen molar-refractivity contribution >= 4 is 33.2 Å². The van der Waals surface area contributed by atoms with Gasteiger partial charge in [-0.25, -0.2) is 15.0 Å². The molecule has 0 aliphatic heterocycles. The van der Waals surface area contributed by atoms with E-state index in [2.05, 4.69) is 31.4 Å². The van der Waals surface area contributed by atoms with Gasteiger partial charge >= 0.3 is 0 Å². The zero-order valence-electron chi connectivity index (χ0n) is 19.3. The first kappa shape index (κ1) is 20.9. The normalized spacial score (nSPS) is 14.7. The number of fused-ring (bicyclic) bond motifs is 4. The Morgan fingerprint density at radius 2 is 1.78 bits per heavy atom. The Kier molecular flexibility index (Phi) is 5.53. The zero-order chi connectivity index (χ0) is 22.2. The van der Waals surface area contributed by atoms with Crippen molar-refractivity contribution in [2.75, 3.05) is 0 Å². The van der Waals surface area contributed by atoms with Gasteiger partial charge in [0.25, 0.3) is 5.56 Å². The summed E-state index contributed by atoms with van der Waals surface area (Å²) in [5.74, 6) is 1.24. The molecule has 0 atom stereocenters. The van der Waals surface area contributed by atoms with Crippen LogP contribution in [0.1, 0.15) is 58.7 Å². The predicted molar refractivity (Wildman–Crippen MR) is 130 cm³/mol. The fourth-order valence-electron chi connectivity index (χ4n) is 4.86. The van der Waals surface area contributed by atoms with E-state index in [0.29, 0.717) is 23.4 Å². The van der Waals surface area contributed by atoms with Gasteiger partial charge in [0.2, 0.25) is 0 Å². The van der Waals surface area contributed by atoms with Crippen molar-refractivity contribution in [1.29, 1.82) is 0 Å².